The summed E-state index contributed by atoms with van der Waals surface area (Å²) in [5, 5.41) is 17.0. The molecular formula is C53H35N3O2. The van der Waals surface area contributed by atoms with Gasteiger partial charge in [0.15, 0.2) is 0 Å². The third kappa shape index (κ3) is 5.18. The van der Waals surface area contributed by atoms with Gasteiger partial charge in [0.05, 0.1) is 0 Å². The Morgan fingerprint density at radius 2 is 1.05 bits per heavy atom. The second-order valence-corrected chi connectivity index (χ2v) is 15.1. The Bertz CT molecular complexity index is 3430. The van der Waals surface area contributed by atoms with Crippen LogP contribution in [0, 0.1) is 0 Å². The summed E-state index contributed by atoms with van der Waals surface area (Å²) >= 11 is 0. The van der Waals surface area contributed by atoms with Crippen LogP contribution in [0.25, 0.3) is 87.7 Å². The van der Waals surface area contributed by atoms with Gasteiger partial charge in [-0.1, -0.05) is 164 Å². The number of aliphatic imine (C=N–C) groups is 1. The number of benzene rings is 9. The van der Waals surface area contributed by atoms with Gasteiger partial charge >= 0.3 is 0 Å². The molecule has 0 aliphatic carbocycles. The van der Waals surface area contributed by atoms with E-state index in [1.54, 1.807) is 0 Å². The minimum Gasteiger partial charge on any atom is -0.456 e. The van der Waals surface area contributed by atoms with Crippen molar-refractivity contribution in [2.24, 2.45) is 4.99 Å². The van der Waals surface area contributed by atoms with E-state index in [9.17, 15) is 0 Å². The summed E-state index contributed by atoms with van der Waals surface area (Å²) in [6, 6.07) is 66.2. The van der Waals surface area contributed by atoms with E-state index < -0.39 is 0 Å². The van der Waals surface area contributed by atoms with E-state index in [1.807, 2.05) is 24.3 Å². The standard InChI is InChI=1S/C53H35N3O2/c1-2-14-33(15-3-1)51-54-52(35-29-30-37-34(31-35)28-27-32-13-4-5-16-36(32)37)56-53(55-51)42-18-7-6-17-38(42)39-20-11-26-47-49(39)44-23-10-22-41(50(44)58-47)40-21-12-25-46-48(40)43-19-8-9-24-45(43)57-46/h1-31,52-53,56H,(H,54,55). The van der Waals surface area contributed by atoms with Crippen LogP contribution in [0.1, 0.15) is 29.0 Å². The Balaban J connectivity index is 0.997. The molecule has 0 radical (unpaired) electrons. The number of fused-ring (bicyclic) bond motifs is 9. The van der Waals surface area contributed by atoms with Gasteiger partial charge in [0, 0.05) is 32.7 Å². The summed E-state index contributed by atoms with van der Waals surface area (Å²) < 4.78 is 13.1. The van der Waals surface area contributed by atoms with Crippen LogP contribution in [0.5, 0.6) is 0 Å². The number of hydrogen-bond donors (Lipinski definition) is 2. The number of nitrogens with one attached hydrogen (secondary N) is 2. The molecule has 2 unspecified atom stereocenters. The van der Waals surface area contributed by atoms with Gasteiger partial charge in [-0.2, -0.15) is 0 Å². The Hall–Kier alpha value is -7.47. The molecular weight excluding hydrogens is 711 g/mol. The molecule has 9 aromatic carbocycles. The molecule has 0 bridgehead atoms. The molecule has 0 amide bonds. The van der Waals surface area contributed by atoms with Gasteiger partial charge < -0.3 is 14.2 Å². The number of rotatable bonds is 5. The number of para-hydroxylation sites is 2. The van der Waals surface area contributed by atoms with E-state index in [0.29, 0.717) is 0 Å². The van der Waals surface area contributed by atoms with Crippen molar-refractivity contribution in [2.75, 3.05) is 0 Å². The Morgan fingerprint density at radius 1 is 0.431 bits per heavy atom. The maximum Gasteiger partial charge on any atom is 0.143 e. The fourth-order valence-corrected chi connectivity index (χ4v) is 9.11. The lowest BCUT2D eigenvalue weighted by atomic mass is 9.92. The molecule has 12 rings (SSSR count). The molecule has 11 aromatic rings. The molecule has 0 saturated heterocycles. The van der Waals surface area contributed by atoms with Crippen molar-refractivity contribution in [2.45, 2.75) is 12.3 Å². The monoisotopic (exact) mass is 745 g/mol. The molecule has 2 N–H and O–H groups in total. The zero-order valence-electron chi connectivity index (χ0n) is 31.3. The van der Waals surface area contributed by atoms with Crippen molar-refractivity contribution < 1.29 is 8.83 Å². The lowest BCUT2D eigenvalue weighted by Crippen LogP contribution is -2.45. The van der Waals surface area contributed by atoms with Crippen molar-refractivity contribution in [3.63, 3.8) is 0 Å². The quantitative estimate of drug-likeness (QED) is 0.172. The molecule has 274 valence electrons. The first kappa shape index (κ1) is 32.7. The Labute approximate surface area is 333 Å². The number of amidine groups is 1. The molecule has 0 spiro atoms. The van der Waals surface area contributed by atoms with Crippen molar-refractivity contribution in [3.8, 4) is 22.3 Å². The van der Waals surface area contributed by atoms with Crippen LogP contribution in [0.2, 0.25) is 0 Å². The highest BCUT2D eigenvalue weighted by molar-refractivity contribution is 6.19. The van der Waals surface area contributed by atoms with Gasteiger partial charge in [0.25, 0.3) is 0 Å². The van der Waals surface area contributed by atoms with Crippen molar-refractivity contribution in [1.29, 1.82) is 0 Å². The normalized spacial score (nSPS) is 15.8. The van der Waals surface area contributed by atoms with E-state index in [2.05, 4.69) is 174 Å². The summed E-state index contributed by atoms with van der Waals surface area (Å²) in [4.78, 5) is 5.30. The van der Waals surface area contributed by atoms with E-state index in [1.165, 1.54) is 21.5 Å². The molecule has 0 fully saturated rings. The zero-order chi connectivity index (χ0) is 38.2. The van der Waals surface area contributed by atoms with Crippen LogP contribution < -0.4 is 10.6 Å². The fraction of sp³-hybridized carbons (Fsp3) is 0.0377. The highest BCUT2D eigenvalue weighted by Crippen LogP contribution is 2.45. The summed E-state index contributed by atoms with van der Waals surface area (Å²) in [5.74, 6) is 0.848. The largest absolute Gasteiger partial charge is 0.456 e. The predicted octanol–water partition coefficient (Wildman–Crippen LogP) is 13.5. The van der Waals surface area contributed by atoms with Crippen LogP contribution >= 0.6 is 0 Å². The third-order valence-electron chi connectivity index (χ3n) is 11.8. The average Bonchev–Trinajstić information content (AvgIpc) is 3.88. The van der Waals surface area contributed by atoms with Gasteiger partial charge in [0.1, 0.15) is 40.5 Å². The first-order valence-electron chi connectivity index (χ1n) is 19.8. The molecule has 58 heavy (non-hydrogen) atoms. The van der Waals surface area contributed by atoms with Crippen molar-refractivity contribution >= 4 is 71.3 Å². The minimum absolute atomic E-state index is 0.253. The van der Waals surface area contributed by atoms with Gasteiger partial charge in [-0.25, -0.2) is 4.99 Å². The number of hydrogen-bond acceptors (Lipinski definition) is 5. The smallest absolute Gasteiger partial charge is 0.143 e. The molecule has 0 saturated carbocycles. The van der Waals surface area contributed by atoms with Crippen molar-refractivity contribution in [1.82, 2.24) is 10.6 Å². The SMILES string of the molecule is c1ccc(C2=NC(c3ccc4c(ccc5ccccc54)c3)NC(c3ccccc3-c3cccc4oc5c(-c6cccc7oc8ccccc8c67)cccc5c34)N2)cc1. The van der Waals surface area contributed by atoms with Crippen LogP contribution in [0.3, 0.4) is 0 Å². The molecule has 5 heteroatoms. The van der Waals surface area contributed by atoms with E-state index in [4.69, 9.17) is 13.8 Å². The highest BCUT2D eigenvalue weighted by atomic mass is 16.3. The first-order valence-corrected chi connectivity index (χ1v) is 19.8. The van der Waals surface area contributed by atoms with Gasteiger partial charge in [0.2, 0.25) is 0 Å². The van der Waals surface area contributed by atoms with Crippen LogP contribution in [-0.4, -0.2) is 5.84 Å². The summed E-state index contributed by atoms with van der Waals surface area (Å²) in [7, 11) is 0. The van der Waals surface area contributed by atoms with E-state index in [0.717, 1.165) is 88.7 Å². The van der Waals surface area contributed by atoms with E-state index in [-0.39, 0.29) is 12.3 Å². The number of furan rings is 2. The summed E-state index contributed by atoms with van der Waals surface area (Å²) in [6.07, 6.45) is -0.544. The maximum absolute atomic E-state index is 6.85. The Kier molecular flexibility index (Phi) is 7.37. The van der Waals surface area contributed by atoms with Crippen LogP contribution in [0.4, 0.5) is 0 Å². The molecule has 1 aliphatic rings. The lowest BCUT2D eigenvalue weighted by Gasteiger charge is -2.33. The maximum atomic E-state index is 6.85. The van der Waals surface area contributed by atoms with Gasteiger partial charge in [-0.05, 0) is 73.6 Å². The zero-order valence-corrected chi connectivity index (χ0v) is 31.3. The predicted molar refractivity (Wildman–Crippen MR) is 238 cm³/mol. The van der Waals surface area contributed by atoms with Gasteiger partial charge in [-0.15, -0.1) is 0 Å². The third-order valence-corrected chi connectivity index (χ3v) is 11.8. The van der Waals surface area contributed by atoms with Crippen molar-refractivity contribution in [3.05, 3.63) is 205 Å². The molecule has 1 aliphatic heterocycles. The van der Waals surface area contributed by atoms with Crippen LogP contribution in [-0.2, 0) is 0 Å². The van der Waals surface area contributed by atoms with E-state index >= 15 is 0 Å². The second-order valence-electron chi connectivity index (χ2n) is 15.1. The average molecular weight is 746 g/mol. The lowest BCUT2D eigenvalue weighted by molar-refractivity contribution is 0.410. The minimum atomic E-state index is -0.291. The highest BCUT2D eigenvalue weighted by Gasteiger charge is 2.28. The number of nitrogens with zero attached hydrogens (tertiary/aromatic N) is 1. The second kappa shape index (κ2) is 13.1. The van der Waals surface area contributed by atoms with Crippen LogP contribution in [0.15, 0.2) is 202 Å². The molecule has 3 heterocycles. The first-order chi connectivity index (χ1) is 28.7. The molecule has 2 atom stereocenters. The summed E-state index contributed by atoms with van der Waals surface area (Å²) in [5.41, 5.74) is 11.1. The summed E-state index contributed by atoms with van der Waals surface area (Å²) in [6.45, 7) is 0. The Morgan fingerprint density at radius 3 is 1.95 bits per heavy atom. The topological polar surface area (TPSA) is 62.7 Å². The molecule has 5 nitrogen and oxygen atoms in total. The fourth-order valence-electron chi connectivity index (χ4n) is 9.11. The van der Waals surface area contributed by atoms with Gasteiger partial charge in [-0.3, -0.25) is 5.32 Å². The molecule has 2 aromatic heterocycles.